The Bertz CT molecular complexity index is 620. The van der Waals surface area contributed by atoms with Gasteiger partial charge in [-0.2, -0.15) is 0 Å². The van der Waals surface area contributed by atoms with Crippen LogP contribution in [0.2, 0.25) is 0 Å². The number of thiazole rings is 1. The summed E-state index contributed by atoms with van der Waals surface area (Å²) in [6.45, 7) is 1.46. The Morgan fingerprint density at radius 3 is 2.55 bits per heavy atom. The maximum Gasteiger partial charge on any atom is 0.251 e. The van der Waals surface area contributed by atoms with Gasteiger partial charge in [0.15, 0.2) is 5.13 Å². The number of anilines is 1. The topological polar surface area (TPSA) is 71.1 Å². The molecule has 0 aliphatic carbocycles. The first-order valence-electron chi connectivity index (χ1n) is 6.12. The van der Waals surface area contributed by atoms with Crippen molar-refractivity contribution >= 4 is 28.3 Å². The van der Waals surface area contributed by atoms with Crippen LogP contribution in [0.4, 0.5) is 5.13 Å². The van der Waals surface area contributed by atoms with Crippen LogP contribution >= 0.6 is 11.3 Å². The van der Waals surface area contributed by atoms with Gasteiger partial charge in [0.1, 0.15) is 0 Å². The first kappa shape index (κ1) is 14.2. The van der Waals surface area contributed by atoms with Crippen LogP contribution < -0.4 is 10.6 Å². The smallest absolute Gasteiger partial charge is 0.251 e. The summed E-state index contributed by atoms with van der Waals surface area (Å²) in [7, 11) is 1.61. The van der Waals surface area contributed by atoms with Crippen molar-refractivity contribution in [2.75, 3.05) is 12.4 Å². The summed E-state index contributed by atoms with van der Waals surface area (Å²) in [5.41, 5.74) is 1.73. The fraction of sp³-hybridized carbons (Fsp3) is 0.214. The molecule has 0 atom stereocenters. The second kappa shape index (κ2) is 6.29. The predicted octanol–water partition coefficient (Wildman–Crippen LogP) is 2.05. The average molecular weight is 289 g/mol. The van der Waals surface area contributed by atoms with Gasteiger partial charge in [-0.25, -0.2) is 4.98 Å². The van der Waals surface area contributed by atoms with E-state index in [0.29, 0.717) is 10.7 Å². The number of carbonyl (C=O) groups excluding carboxylic acids is 2. The van der Waals surface area contributed by atoms with E-state index in [2.05, 4.69) is 15.6 Å². The molecule has 2 amide bonds. The van der Waals surface area contributed by atoms with Crippen molar-refractivity contribution < 1.29 is 9.59 Å². The second-order valence-corrected chi connectivity index (χ2v) is 5.38. The van der Waals surface area contributed by atoms with Gasteiger partial charge in [-0.15, -0.1) is 11.3 Å². The van der Waals surface area contributed by atoms with Crippen LogP contribution in [0, 0.1) is 0 Å². The minimum atomic E-state index is -0.124. The van der Waals surface area contributed by atoms with Crippen LogP contribution in [0.15, 0.2) is 30.5 Å². The van der Waals surface area contributed by atoms with Gasteiger partial charge in [-0.3, -0.25) is 9.59 Å². The third-order valence-corrected chi connectivity index (χ3v) is 3.57. The van der Waals surface area contributed by atoms with Crippen LogP contribution in [0.5, 0.6) is 0 Å². The molecule has 1 aromatic heterocycles. The Labute approximate surface area is 121 Å². The van der Waals surface area contributed by atoms with E-state index in [1.54, 1.807) is 25.4 Å². The molecule has 1 heterocycles. The zero-order valence-electron chi connectivity index (χ0n) is 11.3. The van der Waals surface area contributed by atoms with E-state index in [-0.39, 0.29) is 11.8 Å². The van der Waals surface area contributed by atoms with E-state index in [9.17, 15) is 9.59 Å². The second-order valence-electron chi connectivity index (χ2n) is 4.27. The van der Waals surface area contributed by atoms with E-state index in [0.717, 1.165) is 16.9 Å². The summed E-state index contributed by atoms with van der Waals surface area (Å²) in [6, 6.07) is 7.43. The SMILES string of the molecule is CNC(=O)c1ccc(Cc2cnc(NC(C)=O)s2)cc1. The van der Waals surface area contributed by atoms with E-state index in [1.807, 2.05) is 12.1 Å². The Balaban J connectivity index is 2.04. The van der Waals surface area contributed by atoms with Gasteiger partial charge < -0.3 is 10.6 Å². The molecule has 0 unspecified atom stereocenters. The molecule has 6 heteroatoms. The molecular weight excluding hydrogens is 274 g/mol. The monoisotopic (exact) mass is 289 g/mol. The molecule has 0 aliphatic rings. The van der Waals surface area contributed by atoms with Crippen molar-refractivity contribution in [3.63, 3.8) is 0 Å². The molecule has 104 valence electrons. The Hall–Kier alpha value is -2.21. The number of nitrogens with zero attached hydrogens (tertiary/aromatic N) is 1. The number of aromatic nitrogens is 1. The number of rotatable bonds is 4. The summed E-state index contributed by atoms with van der Waals surface area (Å²) in [4.78, 5) is 27.5. The zero-order valence-corrected chi connectivity index (χ0v) is 12.1. The first-order valence-corrected chi connectivity index (χ1v) is 6.93. The van der Waals surface area contributed by atoms with Gasteiger partial charge in [0.05, 0.1) is 0 Å². The molecule has 0 aliphatic heterocycles. The van der Waals surface area contributed by atoms with Crippen LogP contribution in [0.25, 0.3) is 0 Å². The molecule has 20 heavy (non-hydrogen) atoms. The highest BCUT2D eigenvalue weighted by Gasteiger charge is 2.06. The summed E-state index contributed by atoms with van der Waals surface area (Å²) in [5, 5.41) is 5.85. The van der Waals surface area contributed by atoms with Gasteiger partial charge in [0.2, 0.25) is 5.91 Å². The lowest BCUT2D eigenvalue weighted by Crippen LogP contribution is -2.17. The molecule has 0 fully saturated rings. The van der Waals surface area contributed by atoms with E-state index in [1.165, 1.54) is 18.3 Å². The van der Waals surface area contributed by atoms with Crippen molar-refractivity contribution in [1.29, 1.82) is 0 Å². The molecule has 0 spiro atoms. The lowest BCUT2D eigenvalue weighted by atomic mass is 10.1. The molecule has 1 aromatic carbocycles. The summed E-state index contributed by atoms with van der Waals surface area (Å²) in [6.07, 6.45) is 2.48. The fourth-order valence-corrected chi connectivity index (χ4v) is 2.61. The van der Waals surface area contributed by atoms with Crippen molar-refractivity contribution in [3.8, 4) is 0 Å². The third-order valence-electron chi connectivity index (χ3n) is 2.66. The standard InChI is InChI=1S/C14H15N3O2S/c1-9(18)17-14-16-8-12(20-14)7-10-3-5-11(6-4-10)13(19)15-2/h3-6,8H,7H2,1-2H3,(H,15,19)(H,16,17,18). The molecule has 5 nitrogen and oxygen atoms in total. The van der Waals surface area contributed by atoms with Crippen LogP contribution in [0.3, 0.4) is 0 Å². The highest BCUT2D eigenvalue weighted by Crippen LogP contribution is 2.21. The summed E-state index contributed by atoms with van der Waals surface area (Å²) >= 11 is 1.45. The van der Waals surface area contributed by atoms with E-state index in [4.69, 9.17) is 0 Å². The minimum Gasteiger partial charge on any atom is -0.355 e. The van der Waals surface area contributed by atoms with Crippen molar-refractivity contribution in [2.45, 2.75) is 13.3 Å². The van der Waals surface area contributed by atoms with Crippen LogP contribution in [-0.2, 0) is 11.2 Å². The predicted molar refractivity (Wildman–Crippen MR) is 79.1 cm³/mol. The largest absolute Gasteiger partial charge is 0.355 e. The van der Waals surface area contributed by atoms with Gasteiger partial charge in [-0.1, -0.05) is 12.1 Å². The first-order chi connectivity index (χ1) is 9.58. The summed E-state index contributed by atoms with van der Waals surface area (Å²) < 4.78 is 0. The molecule has 0 saturated heterocycles. The van der Waals surface area contributed by atoms with E-state index < -0.39 is 0 Å². The number of amides is 2. The van der Waals surface area contributed by atoms with Crippen molar-refractivity contribution in [3.05, 3.63) is 46.5 Å². The maximum atomic E-state index is 11.4. The maximum absolute atomic E-state index is 11.4. The number of nitrogens with one attached hydrogen (secondary N) is 2. The quantitative estimate of drug-likeness (QED) is 0.905. The van der Waals surface area contributed by atoms with Crippen molar-refractivity contribution in [2.24, 2.45) is 0 Å². The molecule has 0 bridgehead atoms. The minimum absolute atomic E-state index is 0.0951. The summed E-state index contributed by atoms with van der Waals surface area (Å²) in [5.74, 6) is -0.219. The fourth-order valence-electron chi connectivity index (χ4n) is 1.72. The third kappa shape index (κ3) is 3.64. The average Bonchev–Trinajstić information content (AvgIpc) is 2.85. The zero-order chi connectivity index (χ0) is 14.5. The molecule has 2 rings (SSSR count). The molecule has 2 N–H and O–H groups in total. The molecule has 0 saturated carbocycles. The number of hydrogen-bond donors (Lipinski definition) is 2. The molecule has 2 aromatic rings. The number of hydrogen-bond acceptors (Lipinski definition) is 4. The highest BCUT2D eigenvalue weighted by molar-refractivity contribution is 7.15. The highest BCUT2D eigenvalue weighted by atomic mass is 32.1. The Kier molecular flexibility index (Phi) is 4.47. The van der Waals surface area contributed by atoms with Gasteiger partial charge >= 0.3 is 0 Å². The van der Waals surface area contributed by atoms with Crippen LogP contribution in [0.1, 0.15) is 27.7 Å². The lowest BCUT2D eigenvalue weighted by Gasteiger charge is -2.02. The van der Waals surface area contributed by atoms with Gasteiger partial charge in [0.25, 0.3) is 5.91 Å². The lowest BCUT2D eigenvalue weighted by molar-refractivity contribution is -0.114. The number of carbonyl (C=O) groups is 2. The molecule has 0 radical (unpaired) electrons. The van der Waals surface area contributed by atoms with Gasteiger partial charge in [0, 0.05) is 37.0 Å². The Morgan fingerprint density at radius 2 is 1.95 bits per heavy atom. The Morgan fingerprint density at radius 1 is 1.25 bits per heavy atom. The molecular formula is C14H15N3O2S. The van der Waals surface area contributed by atoms with E-state index >= 15 is 0 Å². The number of benzene rings is 1. The van der Waals surface area contributed by atoms with Crippen LogP contribution in [-0.4, -0.2) is 23.8 Å². The van der Waals surface area contributed by atoms with Gasteiger partial charge in [-0.05, 0) is 17.7 Å². The normalized spacial score (nSPS) is 10.1. The van der Waals surface area contributed by atoms with Crippen molar-refractivity contribution in [1.82, 2.24) is 10.3 Å².